The zero-order chi connectivity index (χ0) is 23.1. The minimum atomic E-state index is -4.14. The van der Waals surface area contributed by atoms with Crippen molar-refractivity contribution in [1.82, 2.24) is 9.19 Å². The molecule has 0 bridgehead atoms. The van der Waals surface area contributed by atoms with Crippen LogP contribution in [-0.4, -0.2) is 26.0 Å². The van der Waals surface area contributed by atoms with Crippen LogP contribution >= 0.6 is 0 Å². The summed E-state index contributed by atoms with van der Waals surface area (Å²) in [6.07, 6.45) is 0. The Morgan fingerprint density at radius 2 is 1.16 bits per heavy atom. The van der Waals surface area contributed by atoms with Crippen LogP contribution < -0.4 is 0 Å². The highest BCUT2D eigenvalue weighted by Crippen LogP contribution is 2.36. The average Bonchev–Trinajstić information content (AvgIpc) is 3.14. The van der Waals surface area contributed by atoms with E-state index in [2.05, 4.69) is 5.10 Å². The van der Waals surface area contributed by atoms with Gasteiger partial charge in [-0.25, -0.2) is 8.42 Å². The number of benzene rings is 3. The Bertz CT molecular complexity index is 1490. The van der Waals surface area contributed by atoms with E-state index in [9.17, 15) is 16.8 Å². The zero-order valence-electron chi connectivity index (χ0n) is 17.8. The zero-order valence-corrected chi connectivity index (χ0v) is 19.5. The highest BCUT2D eigenvalue weighted by molar-refractivity contribution is 7.92. The molecule has 0 aliphatic rings. The third-order valence-electron chi connectivity index (χ3n) is 5.17. The van der Waals surface area contributed by atoms with Gasteiger partial charge in [-0.1, -0.05) is 65.7 Å². The van der Waals surface area contributed by atoms with E-state index in [0.717, 1.165) is 15.2 Å². The Labute approximate surface area is 188 Å². The molecule has 0 N–H and O–H groups in total. The van der Waals surface area contributed by atoms with Crippen molar-refractivity contribution in [1.29, 1.82) is 0 Å². The first kappa shape index (κ1) is 22.0. The third kappa shape index (κ3) is 3.76. The number of hydrogen-bond acceptors (Lipinski definition) is 5. The fourth-order valence-corrected chi connectivity index (χ4v) is 6.49. The molecule has 0 aliphatic heterocycles. The molecular formula is C24H22N2O4S2. The molecular weight excluding hydrogens is 444 g/mol. The second kappa shape index (κ2) is 8.03. The van der Waals surface area contributed by atoms with Gasteiger partial charge in [-0.2, -0.15) is 17.6 Å². The highest BCUT2D eigenvalue weighted by atomic mass is 32.2. The summed E-state index contributed by atoms with van der Waals surface area (Å²) >= 11 is 0. The molecule has 0 spiro atoms. The van der Waals surface area contributed by atoms with Gasteiger partial charge in [0.15, 0.2) is 0 Å². The summed E-state index contributed by atoms with van der Waals surface area (Å²) in [4.78, 5) is -0.0130. The Morgan fingerprint density at radius 1 is 0.656 bits per heavy atom. The number of aryl methyl sites for hydroxylation is 3. The van der Waals surface area contributed by atoms with Crippen molar-refractivity contribution in [2.75, 3.05) is 0 Å². The molecule has 0 aliphatic carbocycles. The second-order valence-electron chi connectivity index (χ2n) is 7.61. The summed E-state index contributed by atoms with van der Waals surface area (Å²) in [5, 5.41) is 4.22. The SMILES string of the molecule is Cc1ccc(S(=O)(=O)c2c(C)nn(S(=O)(=O)c3ccc(C)cc3)c2-c2ccccc2)cc1. The molecule has 0 radical (unpaired) electrons. The highest BCUT2D eigenvalue weighted by Gasteiger charge is 2.33. The van der Waals surface area contributed by atoms with E-state index in [4.69, 9.17) is 0 Å². The van der Waals surface area contributed by atoms with Crippen LogP contribution in [0.3, 0.4) is 0 Å². The van der Waals surface area contributed by atoms with Crippen LogP contribution in [0.25, 0.3) is 11.3 Å². The van der Waals surface area contributed by atoms with E-state index in [0.29, 0.717) is 5.56 Å². The molecule has 1 aromatic heterocycles. The Kier molecular flexibility index (Phi) is 5.52. The molecule has 6 nitrogen and oxygen atoms in total. The Balaban J connectivity index is 2.04. The van der Waals surface area contributed by atoms with Crippen molar-refractivity contribution in [2.24, 2.45) is 0 Å². The van der Waals surface area contributed by atoms with E-state index in [-0.39, 0.29) is 26.1 Å². The molecule has 4 aromatic rings. The first-order valence-corrected chi connectivity index (χ1v) is 12.8. The average molecular weight is 467 g/mol. The third-order valence-corrected chi connectivity index (χ3v) is 8.68. The molecule has 0 fully saturated rings. The maximum atomic E-state index is 13.6. The van der Waals surface area contributed by atoms with Crippen LogP contribution in [0.15, 0.2) is 93.5 Å². The maximum absolute atomic E-state index is 13.6. The summed E-state index contributed by atoms with van der Waals surface area (Å²) in [6, 6.07) is 21.4. The predicted octanol–water partition coefficient (Wildman–Crippen LogP) is 4.55. The fraction of sp³-hybridized carbons (Fsp3) is 0.125. The molecule has 0 saturated heterocycles. The lowest BCUT2D eigenvalue weighted by Gasteiger charge is -2.12. The first-order chi connectivity index (χ1) is 15.1. The van der Waals surface area contributed by atoms with Gasteiger partial charge in [-0.05, 0) is 45.0 Å². The monoisotopic (exact) mass is 466 g/mol. The number of sulfone groups is 1. The van der Waals surface area contributed by atoms with Crippen molar-refractivity contribution in [3.8, 4) is 11.3 Å². The number of aromatic nitrogens is 2. The van der Waals surface area contributed by atoms with Crippen LogP contribution in [0.5, 0.6) is 0 Å². The van der Waals surface area contributed by atoms with Crippen LogP contribution in [-0.2, 0) is 19.9 Å². The van der Waals surface area contributed by atoms with Gasteiger partial charge < -0.3 is 0 Å². The lowest BCUT2D eigenvalue weighted by atomic mass is 10.1. The van der Waals surface area contributed by atoms with Crippen molar-refractivity contribution in [3.63, 3.8) is 0 Å². The van der Waals surface area contributed by atoms with Crippen molar-refractivity contribution in [3.05, 3.63) is 95.7 Å². The number of rotatable bonds is 5. The standard InChI is InChI=1S/C24H22N2O4S2/c1-17-9-13-21(14-10-17)31(27,28)24-19(3)25-26(23(24)20-7-5-4-6-8-20)32(29,30)22-15-11-18(2)12-16-22/h4-16H,1-3H3. The van der Waals surface area contributed by atoms with Gasteiger partial charge in [0, 0.05) is 5.56 Å². The van der Waals surface area contributed by atoms with Crippen LogP contribution in [0.4, 0.5) is 0 Å². The van der Waals surface area contributed by atoms with E-state index in [1.165, 1.54) is 31.2 Å². The quantitative estimate of drug-likeness (QED) is 0.431. The Morgan fingerprint density at radius 3 is 1.69 bits per heavy atom. The van der Waals surface area contributed by atoms with Gasteiger partial charge in [0.2, 0.25) is 9.84 Å². The topological polar surface area (TPSA) is 86.1 Å². The summed E-state index contributed by atoms with van der Waals surface area (Å²) in [6.45, 7) is 5.23. The lowest BCUT2D eigenvalue weighted by Crippen LogP contribution is -2.16. The molecule has 8 heteroatoms. The van der Waals surface area contributed by atoms with Gasteiger partial charge in [0.1, 0.15) is 10.6 Å². The molecule has 0 unspecified atom stereocenters. The predicted molar refractivity (Wildman–Crippen MR) is 123 cm³/mol. The summed E-state index contributed by atoms with van der Waals surface area (Å²) in [7, 11) is -8.19. The normalized spacial score (nSPS) is 12.1. The van der Waals surface area contributed by atoms with E-state index in [1.807, 2.05) is 13.8 Å². The number of hydrogen-bond donors (Lipinski definition) is 0. The minimum Gasteiger partial charge on any atom is -0.218 e. The van der Waals surface area contributed by atoms with Crippen molar-refractivity contribution < 1.29 is 16.8 Å². The van der Waals surface area contributed by atoms with Gasteiger partial charge in [0.05, 0.1) is 15.5 Å². The lowest BCUT2D eigenvalue weighted by molar-refractivity contribution is 0.580. The molecule has 3 aromatic carbocycles. The smallest absolute Gasteiger partial charge is 0.218 e. The van der Waals surface area contributed by atoms with E-state index in [1.54, 1.807) is 54.6 Å². The van der Waals surface area contributed by atoms with Crippen molar-refractivity contribution in [2.45, 2.75) is 35.5 Å². The summed E-state index contributed by atoms with van der Waals surface area (Å²) in [5.74, 6) is 0. The van der Waals surface area contributed by atoms with Gasteiger partial charge in [-0.3, -0.25) is 0 Å². The maximum Gasteiger partial charge on any atom is 0.283 e. The van der Waals surface area contributed by atoms with Crippen molar-refractivity contribution >= 4 is 19.9 Å². The van der Waals surface area contributed by atoms with Crippen LogP contribution in [0, 0.1) is 20.8 Å². The Hall–Kier alpha value is -3.23. The molecule has 4 rings (SSSR count). The molecule has 164 valence electrons. The summed E-state index contributed by atoms with van der Waals surface area (Å²) in [5.41, 5.74) is 2.40. The summed E-state index contributed by atoms with van der Waals surface area (Å²) < 4.78 is 55.1. The number of nitrogens with zero attached hydrogens (tertiary/aromatic N) is 2. The molecule has 1 heterocycles. The molecule has 0 amide bonds. The van der Waals surface area contributed by atoms with Crippen LogP contribution in [0.1, 0.15) is 16.8 Å². The molecule has 0 atom stereocenters. The first-order valence-electron chi connectivity index (χ1n) is 9.91. The van der Waals surface area contributed by atoms with Gasteiger partial charge in [-0.15, -0.1) is 0 Å². The van der Waals surface area contributed by atoms with Gasteiger partial charge in [0.25, 0.3) is 10.0 Å². The molecule has 0 saturated carbocycles. The van der Waals surface area contributed by atoms with Gasteiger partial charge >= 0.3 is 0 Å². The minimum absolute atomic E-state index is 0.0178. The largest absolute Gasteiger partial charge is 0.283 e. The van der Waals surface area contributed by atoms with E-state index < -0.39 is 19.9 Å². The fourth-order valence-electron chi connectivity index (χ4n) is 3.47. The molecule has 32 heavy (non-hydrogen) atoms. The second-order valence-corrected chi connectivity index (χ2v) is 11.3. The van der Waals surface area contributed by atoms with E-state index >= 15 is 0 Å². The van der Waals surface area contributed by atoms with Crippen LogP contribution in [0.2, 0.25) is 0 Å².